The summed E-state index contributed by atoms with van der Waals surface area (Å²) in [5.41, 5.74) is 6.08. The first-order valence-corrected chi connectivity index (χ1v) is 6.05. The van der Waals surface area contributed by atoms with E-state index in [1.54, 1.807) is 24.3 Å². The van der Waals surface area contributed by atoms with E-state index in [4.69, 9.17) is 5.73 Å². The largest absolute Gasteiger partial charge is 0.326 e. The first kappa shape index (κ1) is 14.6. The Hall–Kier alpha value is -2.80. The van der Waals surface area contributed by atoms with Gasteiger partial charge in [-0.2, -0.15) is 0 Å². The van der Waals surface area contributed by atoms with E-state index < -0.39 is 22.3 Å². The molecule has 0 atom stereocenters. The van der Waals surface area contributed by atoms with Crippen LogP contribution in [0.25, 0.3) is 0 Å². The summed E-state index contributed by atoms with van der Waals surface area (Å²) in [7, 11) is 0. The highest BCUT2D eigenvalue weighted by Crippen LogP contribution is 2.25. The summed E-state index contributed by atoms with van der Waals surface area (Å²) in [6, 6.07) is 9.45. The second kappa shape index (κ2) is 6.10. The summed E-state index contributed by atoms with van der Waals surface area (Å²) >= 11 is 0. The van der Waals surface area contributed by atoms with E-state index in [1.807, 2.05) is 0 Å². The zero-order valence-corrected chi connectivity index (χ0v) is 10.9. The molecule has 0 unspecified atom stereocenters. The van der Waals surface area contributed by atoms with E-state index in [9.17, 15) is 19.3 Å². The molecule has 2 aromatic carbocycles. The predicted molar refractivity (Wildman–Crippen MR) is 75.3 cm³/mol. The molecule has 1 amide bonds. The maximum absolute atomic E-state index is 13.0. The fraction of sp³-hybridized carbons (Fsp3) is 0.0714. The molecule has 2 rings (SSSR count). The van der Waals surface area contributed by atoms with Crippen molar-refractivity contribution >= 4 is 17.3 Å². The third-order valence-electron chi connectivity index (χ3n) is 2.86. The summed E-state index contributed by atoms with van der Waals surface area (Å²) in [4.78, 5) is 22.1. The lowest BCUT2D eigenvalue weighted by atomic mass is 10.1. The van der Waals surface area contributed by atoms with Gasteiger partial charge in [0.2, 0.25) is 0 Å². The van der Waals surface area contributed by atoms with Crippen molar-refractivity contribution in [2.24, 2.45) is 5.73 Å². The molecule has 0 aliphatic carbocycles. The Balaban J connectivity index is 2.24. The van der Waals surface area contributed by atoms with Crippen LogP contribution < -0.4 is 11.1 Å². The van der Waals surface area contributed by atoms with Crippen molar-refractivity contribution in [2.45, 2.75) is 6.54 Å². The van der Waals surface area contributed by atoms with Crippen molar-refractivity contribution in [1.29, 1.82) is 0 Å². The van der Waals surface area contributed by atoms with Gasteiger partial charge in [-0.25, -0.2) is 4.39 Å². The molecule has 6 nitrogen and oxygen atoms in total. The molecule has 0 saturated heterocycles. The molecule has 0 aliphatic heterocycles. The van der Waals surface area contributed by atoms with Crippen LogP contribution in [0.2, 0.25) is 0 Å². The summed E-state index contributed by atoms with van der Waals surface area (Å²) in [6.45, 7) is 0.353. The quantitative estimate of drug-likeness (QED) is 0.667. The van der Waals surface area contributed by atoms with Gasteiger partial charge in [-0.1, -0.05) is 12.1 Å². The second-order valence-corrected chi connectivity index (χ2v) is 4.27. The number of benzene rings is 2. The van der Waals surface area contributed by atoms with Crippen molar-refractivity contribution < 1.29 is 14.1 Å². The Morgan fingerprint density at radius 3 is 2.48 bits per heavy atom. The molecule has 21 heavy (non-hydrogen) atoms. The lowest BCUT2D eigenvalue weighted by Gasteiger charge is -2.06. The third-order valence-corrected chi connectivity index (χ3v) is 2.86. The molecule has 0 spiro atoms. The van der Waals surface area contributed by atoms with E-state index >= 15 is 0 Å². The van der Waals surface area contributed by atoms with Gasteiger partial charge in [0.15, 0.2) is 0 Å². The number of anilines is 1. The molecule has 3 N–H and O–H groups in total. The van der Waals surface area contributed by atoms with E-state index in [1.165, 1.54) is 0 Å². The van der Waals surface area contributed by atoms with Crippen LogP contribution in [0.1, 0.15) is 15.9 Å². The van der Waals surface area contributed by atoms with Crippen molar-refractivity contribution in [3.8, 4) is 0 Å². The second-order valence-electron chi connectivity index (χ2n) is 4.27. The molecular formula is C14H12FN3O3. The van der Waals surface area contributed by atoms with Crippen molar-refractivity contribution in [1.82, 2.24) is 0 Å². The molecule has 108 valence electrons. The van der Waals surface area contributed by atoms with E-state index in [-0.39, 0.29) is 5.69 Å². The fourth-order valence-corrected chi connectivity index (χ4v) is 1.75. The number of rotatable bonds is 4. The molecule has 0 heterocycles. The molecule has 0 saturated carbocycles. The lowest BCUT2D eigenvalue weighted by Crippen LogP contribution is -2.13. The number of nitrogens with zero attached hydrogens (tertiary/aromatic N) is 1. The number of nitrogens with one attached hydrogen (secondary N) is 1. The normalized spacial score (nSPS) is 10.2. The predicted octanol–water partition coefficient (Wildman–Crippen LogP) is 2.44. The van der Waals surface area contributed by atoms with Crippen LogP contribution in [-0.4, -0.2) is 10.8 Å². The summed E-state index contributed by atoms with van der Waals surface area (Å²) in [6.07, 6.45) is 0. The monoisotopic (exact) mass is 289 g/mol. The highest BCUT2D eigenvalue weighted by Gasteiger charge is 2.17. The first-order valence-electron chi connectivity index (χ1n) is 6.05. The van der Waals surface area contributed by atoms with Crippen molar-refractivity contribution in [3.63, 3.8) is 0 Å². The topological polar surface area (TPSA) is 98.3 Å². The minimum atomic E-state index is -0.754. The minimum Gasteiger partial charge on any atom is -0.326 e. The molecule has 0 fully saturated rings. The molecule has 0 radical (unpaired) electrons. The van der Waals surface area contributed by atoms with Crippen LogP contribution in [0.3, 0.4) is 0 Å². The number of halogens is 1. The molecule has 0 bridgehead atoms. The van der Waals surface area contributed by atoms with Crippen LogP contribution in [-0.2, 0) is 6.54 Å². The van der Waals surface area contributed by atoms with Gasteiger partial charge in [-0.15, -0.1) is 0 Å². The zero-order valence-electron chi connectivity index (χ0n) is 10.9. The number of nitrogens with two attached hydrogens (primary N) is 1. The highest BCUT2D eigenvalue weighted by atomic mass is 19.1. The molecule has 0 aliphatic rings. The van der Waals surface area contributed by atoms with Gasteiger partial charge in [-0.3, -0.25) is 14.9 Å². The molecule has 0 aromatic heterocycles. The average molecular weight is 289 g/mol. The van der Waals surface area contributed by atoms with Crippen LogP contribution >= 0.6 is 0 Å². The SMILES string of the molecule is NCc1ccc(C(=O)Nc2ccc(F)cc2[N+](=O)[O-])cc1. The van der Waals surface area contributed by atoms with E-state index in [2.05, 4.69) is 5.32 Å². The Morgan fingerprint density at radius 2 is 1.90 bits per heavy atom. The fourth-order valence-electron chi connectivity index (χ4n) is 1.75. The maximum atomic E-state index is 13.0. The molecular weight excluding hydrogens is 277 g/mol. The number of hydrogen-bond donors (Lipinski definition) is 2. The maximum Gasteiger partial charge on any atom is 0.295 e. The van der Waals surface area contributed by atoms with Gasteiger partial charge in [0, 0.05) is 12.1 Å². The van der Waals surface area contributed by atoms with Crippen LogP contribution in [0.5, 0.6) is 0 Å². The first-order chi connectivity index (χ1) is 10.0. The minimum absolute atomic E-state index is 0.0608. The van der Waals surface area contributed by atoms with Gasteiger partial charge in [0.1, 0.15) is 11.5 Å². The Labute approximate surface area is 119 Å². The van der Waals surface area contributed by atoms with Crippen molar-refractivity contribution in [3.05, 3.63) is 69.5 Å². The third kappa shape index (κ3) is 3.40. The molecule has 7 heteroatoms. The van der Waals surface area contributed by atoms with Gasteiger partial charge in [0.25, 0.3) is 11.6 Å². The van der Waals surface area contributed by atoms with E-state index in [0.29, 0.717) is 12.1 Å². The number of carbonyl (C=O) groups is 1. The molecule has 2 aromatic rings. The number of nitro benzene ring substituents is 1. The standard InChI is InChI=1S/C14H12FN3O3/c15-11-5-6-12(13(7-11)18(20)21)17-14(19)10-3-1-9(8-16)2-4-10/h1-7H,8,16H2,(H,17,19). The zero-order chi connectivity index (χ0) is 15.4. The Bertz CT molecular complexity index is 686. The highest BCUT2D eigenvalue weighted by molar-refractivity contribution is 6.05. The van der Waals surface area contributed by atoms with Gasteiger partial charge < -0.3 is 11.1 Å². The summed E-state index contributed by atoms with van der Waals surface area (Å²) in [5, 5.41) is 13.2. The summed E-state index contributed by atoms with van der Waals surface area (Å²) < 4.78 is 13.0. The Kier molecular flexibility index (Phi) is 4.24. The van der Waals surface area contributed by atoms with Gasteiger partial charge >= 0.3 is 0 Å². The van der Waals surface area contributed by atoms with Crippen LogP contribution in [0.4, 0.5) is 15.8 Å². The van der Waals surface area contributed by atoms with Gasteiger partial charge in [-0.05, 0) is 29.8 Å². The summed E-state index contributed by atoms with van der Waals surface area (Å²) in [5.74, 6) is -1.26. The van der Waals surface area contributed by atoms with Crippen LogP contribution in [0, 0.1) is 15.9 Å². The number of amides is 1. The van der Waals surface area contributed by atoms with Crippen molar-refractivity contribution in [2.75, 3.05) is 5.32 Å². The van der Waals surface area contributed by atoms with Crippen LogP contribution in [0.15, 0.2) is 42.5 Å². The number of carbonyl (C=O) groups excluding carboxylic acids is 1. The van der Waals surface area contributed by atoms with E-state index in [0.717, 1.165) is 23.8 Å². The van der Waals surface area contributed by atoms with Gasteiger partial charge in [0.05, 0.1) is 11.0 Å². The average Bonchev–Trinajstić information content (AvgIpc) is 2.49. The number of nitro groups is 1. The smallest absolute Gasteiger partial charge is 0.295 e. The lowest BCUT2D eigenvalue weighted by molar-refractivity contribution is -0.384. The Morgan fingerprint density at radius 1 is 1.24 bits per heavy atom. The number of hydrogen-bond acceptors (Lipinski definition) is 4.